The smallest absolute Gasteiger partial charge is 0.387 e. The summed E-state index contributed by atoms with van der Waals surface area (Å²) in [5, 5.41) is 17.0. The van der Waals surface area contributed by atoms with E-state index < -0.39 is 24.5 Å². The van der Waals surface area contributed by atoms with Gasteiger partial charge in [-0.1, -0.05) is 0 Å². The second-order valence-electron chi connectivity index (χ2n) is 3.56. The number of ketones is 1. The normalized spacial score (nSPS) is 11.1. The second kappa shape index (κ2) is 5.09. The molecule has 0 aliphatic rings. The van der Waals surface area contributed by atoms with Crippen LogP contribution < -0.4 is 4.74 Å². The van der Waals surface area contributed by atoms with Crippen LogP contribution in [0.15, 0.2) is 18.2 Å². The molecule has 2 N–H and O–H groups in total. The van der Waals surface area contributed by atoms with Crippen molar-refractivity contribution < 1.29 is 33.3 Å². The summed E-state index contributed by atoms with van der Waals surface area (Å²) in [6.45, 7) is -0.126. The Morgan fingerprint density at radius 3 is 2.28 bits per heavy atom. The molecular weight excluding hydrogens is 250 g/mol. The van der Waals surface area contributed by atoms with Crippen LogP contribution in [0.2, 0.25) is 0 Å². The van der Waals surface area contributed by atoms with E-state index in [2.05, 4.69) is 4.74 Å². The fourth-order valence-electron chi connectivity index (χ4n) is 1.18. The average Bonchev–Trinajstić information content (AvgIpc) is 2.25. The first-order valence-electron chi connectivity index (χ1n) is 4.81. The van der Waals surface area contributed by atoms with E-state index in [1.807, 2.05) is 0 Å². The summed E-state index contributed by atoms with van der Waals surface area (Å²) < 4.78 is 28.9. The molecule has 0 aliphatic carbocycles. The highest BCUT2D eigenvalue weighted by Gasteiger charge is 2.25. The van der Waals surface area contributed by atoms with E-state index in [1.165, 1.54) is 6.92 Å². The van der Waals surface area contributed by atoms with Crippen LogP contribution in [0.3, 0.4) is 0 Å². The standard InChI is InChI=1S/C11H10F2O5/c1-6(14)7-2-8(10(15)16)4-9(3-7)18-5-11(12,13)17/h2-4,17H,5H2,1H3,(H,15,16). The van der Waals surface area contributed by atoms with Gasteiger partial charge in [0.05, 0.1) is 5.56 Å². The molecule has 0 atom stereocenters. The van der Waals surface area contributed by atoms with Crippen LogP contribution in [0.25, 0.3) is 0 Å². The Bertz CT molecular complexity index is 447. The number of aliphatic hydroxyl groups is 1. The van der Waals surface area contributed by atoms with E-state index in [1.54, 1.807) is 0 Å². The number of carboxylic acid groups (broad SMARTS) is 1. The number of rotatable bonds is 5. The monoisotopic (exact) mass is 260 g/mol. The van der Waals surface area contributed by atoms with E-state index in [4.69, 9.17) is 10.2 Å². The van der Waals surface area contributed by atoms with Gasteiger partial charge >= 0.3 is 12.1 Å². The molecule has 0 aromatic heterocycles. The molecule has 0 heterocycles. The maximum absolute atomic E-state index is 12.2. The SMILES string of the molecule is CC(=O)c1cc(OCC(O)(F)F)cc(C(=O)O)c1. The van der Waals surface area contributed by atoms with Crippen LogP contribution in [0, 0.1) is 0 Å². The molecule has 1 aromatic carbocycles. The van der Waals surface area contributed by atoms with Crippen LogP contribution in [-0.4, -0.2) is 34.7 Å². The Morgan fingerprint density at radius 2 is 1.83 bits per heavy atom. The Morgan fingerprint density at radius 1 is 1.28 bits per heavy atom. The number of hydrogen-bond acceptors (Lipinski definition) is 4. The largest absolute Gasteiger partial charge is 0.484 e. The third-order valence-electron chi connectivity index (χ3n) is 1.97. The number of hydrogen-bond donors (Lipinski definition) is 2. The Labute approximate surface area is 101 Å². The average molecular weight is 260 g/mol. The number of benzene rings is 1. The first kappa shape index (κ1) is 14.0. The maximum Gasteiger partial charge on any atom is 0.387 e. The van der Waals surface area contributed by atoms with Crippen molar-refractivity contribution in [1.29, 1.82) is 0 Å². The number of aromatic carboxylic acids is 1. The van der Waals surface area contributed by atoms with Crippen LogP contribution >= 0.6 is 0 Å². The zero-order valence-electron chi connectivity index (χ0n) is 9.31. The van der Waals surface area contributed by atoms with Crippen molar-refractivity contribution in [3.05, 3.63) is 29.3 Å². The summed E-state index contributed by atoms with van der Waals surface area (Å²) in [7, 11) is 0. The van der Waals surface area contributed by atoms with Gasteiger partial charge in [0.1, 0.15) is 5.75 Å². The van der Waals surface area contributed by atoms with Gasteiger partial charge in [0.15, 0.2) is 12.4 Å². The van der Waals surface area contributed by atoms with Crippen molar-refractivity contribution in [3.8, 4) is 5.75 Å². The van der Waals surface area contributed by atoms with Gasteiger partial charge in [0.2, 0.25) is 0 Å². The molecule has 0 saturated heterocycles. The zero-order chi connectivity index (χ0) is 13.9. The fraction of sp³-hybridized carbons (Fsp3) is 0.273. The minimum atomic E-state index is -4.03. The maximum atomic E-state index is 12.2. The Balaban J connectivity index is 3.04. The predicted octanol–water partition coefficient (Wildman–Crippen LogP) is 1.55. The van der Waals surface area contributed by atoms with Crippen molar-refractivity contribution >= 4 is 11.8 Å². The Kier molecular flexibility index (Phi) is 3.97. The van der Waals surface area contributed by atoms with Crippen molar-refractivity contribution in [2.24, 2.45) is 0 Å². The molecule has 18 heavy (non-hydrogen) atoms. The van der Waals surface area contributed by atoms with E-state index in [9.17, 15) is 18.4 Å². The summed E-state index contributed by atoms with van der Waals surface area (Å²) >= 11 is 0. The minimum Gasteiger partial charge on any atom is -0.484 e. The molecule has 0 amide bonds. The number of carbonyl (C=O) groups excluding carboxylic acids is 1. The summed E-state index contributed by atoms with van der Waals surface area (Å²) in [5.41, 5.74) is -0.245. The molecule has 0 fully saturated rings. The van der Waals surface area contributed by atoms with Crippen LogP contribution in [0.4, 0.5) is 8.78 Å². The van der Waals surface area contributed by atoms with Gasteiger partial charge in [-0.25, -0.2) is 4.79 Å². The third kappa shape index (κ3) is 4.10. The summed E-state index contributed by atoms with van der Waals surface area (Å²) in [4.78, 5) is 21.9. The quantitative estimate of drug-likeness (QED) is 0.785. The molecule has 0 aliphatic heterocycles. The van der Waals surface area contributed by atoms with Crippen molar-refractivity contribution in [2.45, 2.75) is 13.0 Å². The van der Waals surface area contributed by atoms with E-state index in [0.717, 1.165) is 18.2 Å². The zero-order valence-corrected chi connectivity index (χ0v) is 9.31. The number of alkyl halides is 2. The molecule has 1 rings (SSSR count). The van der Waals surface area contributed by atoms with Gasteiger partial charge in [-0.2, -0.15) is 8.78 Å². The lowest BCUT2D eigenvalue weighted by Gasteiger charge is -2.12. The highest BCUT2D eigenvalue weighted by molar-refractivity contribution is 5.98. The summed E-state index contributed by atoms with van der Waals surface area (Å²) in [6, 6.07) is 3.22. The number of carboxylic acids is 1. The lowest BCUT2D eigenvalue weighted by atomic mass is 10.1. The first-order chi connectivity index (χ1) is 8.19. The molecule has 98 valence electrons. The van der Waals surface area contributed by atoms with Crippen LogP contribution in [-0.2, 0) is 0 Å². The van der Waals surface area contributed by atoms with Gasteiger partial charge < -0.3 is 14.9 Å². The minimum absolute atomic E-state index is 0.0196. The number of halogens is 2. The van der Waals surface area contributed by atoms with Gasteiger partial charge in [-0.15, -0.1) is 0 Å². The molecule has 0 radical (unpaired) electrons. The summed E-state index contributed by atoms with van der Waals surface area (Å²) in [6.07, 6.45) is -4.03. The predicted molar refractivity (Wildman–Crippen MR) is 56.1 cm³/mol. The van der Waals surface area contributed by atoms with Gasteiger partial charge in [0.25, 0.3) is 0 Å². The highest BCUT2D eigenvalue weighted by Crippen LogP contribution is 2.20. The molecule has 0 saturated carbocycles. The Hall–Kier alpha value is -2.02. The molecule has 0 spiro atoms. The molecule has 0 bridgehead atoms. The van der Waals surface area contributed by atoms with Crippen molar-refractivity contribution in [2.75, 3.05) is 6.61 Å². The highest BCUT2D eigenvalue weighted by atomic mass is 19.3. The number of ether oxygens (including phenoxy) is 1. The van der Waals surface area contributed by atoms with Gasteiger partial charge in [-0.05, 0) is 25.1 Å². The van der Waals surface area contributed by atoms with Crippen LogP contribution in [0.5, 0.6) is 5.75 Å². The number of carbonyl (C=O) groups is 2. The lowest BCUT2D eigenvalue weighted by molar-refractivity contribution is -0.216. The third-order valence-corrected chi connectivity index (χ3v) is 1.97. The second-order valence-corrected chi connectivity index (χ2v) is 3.56. The van der Waals surface area contributed by atoms with Crippen molar-refractivity contribution in [3.63, 3.8) is 0 Å². The van der Waals surface area contributed by atoms with Gasteiger partial charge in [-0.3, -0.25) is 4.79 Å². The topological polar surface area (TPSA) is 83.8 Å². The summed E-state index contributed by atoms with van der Waals surface area (Å²) in [5.74, 6) is -1.98. The fourth-order valence-corrected chi connectivity index (χ4v) is 1.18. The molecule has 1 aromatic rings. The van der Waals surface area contributed by atoms with Gasteiger partial charge in [0, 0.05) is 5.56 Å². The van der Waals surface area contributed by atoms with Crippen LogP contribution in [0.1, 0.15) is 27.6 Å². The molecule has 7 heteroatoms. The number of Topliss-reactive ketones (excluding diaryl/α,β-unsaturated/α-hetero) is 1. The van der Waals surface area contributed by atoms with E-state index in [0.29, 0.717) is 0 Å². The lowest BCUT2D eigenvalue weighted by Crippen LogP contribution is -2.24. The van der Waals surface area contributed by atoms with E-state index >= 15 is 0 Å². The molecular formula is C11H10F2O5. The first-order valence-corrected chi connectivity index (χ1v) is 4.81. The van der Waals surface area contributed by atoms with E-state index in [-0.39, 0.29) is 16.9 Å². The van der Waals surface area contributed by atoms with Crippen molar-refractivity contribution in [1.82, 2.24) is 0 Å². The molecule has 5 nitrogen and oxygen atoms in total. The molecule has 0 unspecified atom stereocenters.